The molecule has 7 heteroatoms. The molecular weight excluding hydrogens is 175 g/mol. The van der Waals surface area contributed by atoms with Crippen LogP contribution in [0.4, 0.5) is 0 Å². The fourth-order valence-electron chi connectivity index (χ4n) is 0.823. The number of carbonyl (C=O) groups is 1. The van der Waals surface area contributed by atoms with Gasteiger partial charge in [0.05, 0.1) is 6.61 Å². The van der Waals surface area contributed by atoms with Crippen LogP contribution in [0.25, 0.3) is 0 Å². The first-order valence-corrected chi connectivity index (χ1v) is 3.20. The average Bonchev–Trinajstić information content (AvgIpc) is 2.32. The number of aliphatic hydroxyl groups is 4. The van der Waals surface area contributed by atoms with Gasteiger partial charge in [-0.25, -0.2) is 4.79 Å². The van der Waals surface area contributed by atoms with Crippen molar-refractivity contribution in [3.05, 3.63) is 11.5 Å². The van der Waals surface area contributed by atoms with Crippen molar-refractivity contribution in [2.75, 3.05) is 6.61 Å². The summed E-state index contributed by atoms with van der Waals surface area (Å²) in [6.45, 7) is -0.671. The number of rotatable bonds is 2. The summed E-state index contributed by atoms with van der Waals surface area (Å²) in [6.07, 6.45) is -2.78. The van der Waals surface area contributed by atoms with Gasteiger partial charge in [0.2, 0.25) is 5.76 Å². The second-order valence-corrected chi connectivity index (χ2v) is 2.31. The Bertz CT molecular complexity index is 237. The van der Waals surface area contributed by atoms with Crippen molar-refractivity contribution in [1.82, 2.24) is 0 Å². The molecule has 1 unspecified atom stereocenters. The van der Waals surface area contributed by atoms with Crippen molar-refractivity contribution < 1.29 is 30.0 Å². The van der Waals surface area contributed by atoms with Gasteiger partial charge in [-0.05, 0) is 0 Å². The van der Waals surface area contributed by atoms with E-state index in [0.717, 1.165) is 0 Å². The van der Waals surface area contributed by atoms with E-state index in [4.69, 9.17) is 20.4 Å². The Morgan fingerprint density at radius 2 is 2.00 bits per heavy atom. The molecule has 4 N–H and O–H groups in total. The standard InChI is InChI=1S/C6H8O6.Li.H/c7-1-2(8)5-3(9)4(10)6(11)12-5;;/h2,5,7-10H,1H2;;/t2?,5-;;/m1../s1. The van der Waals surface area contributed by atoms with Crippen LogP contribution in [0.2, 0.25) is 0 Å². The monoisotopic (exact) mass is 184 g/mol. The predicted octanol–water partition coefficient (Wildman–Crippen LogP) is -2.06. The Morgan fingerprint density at radius 3 is 2.31 bits per heavy atom. The van der Waals surface area contributed by atoms with Gasteiger partial charge < -0.3 is 25.2 Å². The predicted molar refractivity (Wildman–Crippen MR) is 42.4 cm³/mol. The zero-order chi connectivity index (χ0) is 9.30. The van der Waals surface area contributed by atoms with Crippen molar-refractivity contribution in [2.24, 2.45) is 0 Å². The van der Waals surface area contributed by atoms with E-state index in [9.17, 15) is 4.79 Å². The van der Waals surface area contributed by atoms with E-state index >= 15 is 0 Å². The summed E-state index contributed by atoms with van der Waals surface area (Å²) in [5.41, 5.74) is 0. The van der Waals surface area contributed by atoms with Gasteiger partial charge in [-0.15, -0.1) is 0 Å². The molecule has 13 heavy (non-hydrogen) atoms. The quantitative estimate of drug-likeness (QED) is 0.290. The number of esters is 1. The van der Waals surface area contributed by atoms with Crippen molar-refractivity contribution in [3.63, 3.8) is 0 Å². The number of hydrogen-bond acceptors (Lipinski definition) is 6. The number of aliphatic hydroxyl groups excluding tert-OH is 4. The van der Waals surface area contributed by atoms with Gasteiger partial charge in [-0.2, -0.15) is 0 Å². The van der Waals surface area contributed by atoms with Crippen molar-refractivity contribution in [1.29, 1.82) is 0 Å². The third-order valence-electron chi connectivity index (χ3n) is 1.48. The maximum atomic E-state index is 10.5. The summed E-state index contributed by atoms with van der Waals surface area (Å²) in [5, 5.41) is 35.0. The van der Waals surface area contributed by atoms with Crippen LogP contribution in [0.1, 0.15) is 0 Å². The first-order chi connectivity index (χ1) is 5.57. The molecule has 0 aromatic carbocycles. The van der Waals surface area contributed by atoms with Crippen molar-refractivity contribution in [3.8, 4) is 0 Å². The molecule has 6 nitrogen and oxygen atoms in total. The number of carbonyl (C=O) groups excluding carboxylic acids is 1. The van der Waals surface area contributed by atoms with Crippen molar-refractivity contribution in [2.45, 2.75) is 12.2 Å². The number of hydrogen-bond donors (Lipinski definition) is 4. The van der Waals surface area contributed by atoms with E-state index in [1.165, 1.54) is 0 Å². The van der Waals surface area contributed by atoms with E-state index < -0.39 is 36.3 Å². The molecule has 70 valence electrons. The van der Waals surface area contributed by atoms with Gasteiger partial charge in [0.25, 0.3) is 0 Å². The molecular formula is C6H9LiO6. The number of ether oxygens (including phenoxy) is 1. The molecule has 1 aliphatic rings. The molecule has 0 spiro atoms. The van der Waals surface area contributed by atoms with Gasteiger partial charge >= 0.3 is 24.8 Å². The summed E-state index contributed by atoms with van der Waals surface area (Å²) in [5.74, 6) is -2.78. The minimum absolute atomic E-state index is 0. The molecule has 1 heterocycles. The van der Waals surface area contributed by atoms with Gasteiger partial charge in [0.1, 0.15) is 6.10 Å². The second-order valence-electron chi connectivity index (χ2n) is 2.31. The van der Waals surface area contributed by atoms with Crippen LogP contribution in [0.3, 0.4) is 0 Å². The summed E-state index contributed by atoms with van der Waals surface area (Å²) in [7, 11) is 0. The normalized spacial score (nSPS) is 23.8. The molecule has 0 aromatic heterocycles. The molecule has 0 fully saturated rings. The van der Waals surface area contributed by atoms with E-state index in [-0.39, 0.29) is 18.9 Å². The van der Waals surface area contributed by atoms with Gasteiger partial charge in [-0.3, -0.25) is 0 Å². The van der Waals surface area contributed by atoms with Gasteiger partial charge in [0, 0.05) is 0 Å². The molecule has 0 saturated heterocycles. The summed E-state index contributed by atoms with van der Waals surface area (Å²) in [4.78, 5) is 10.5. The summed E-state index contributed by atoms with van der Waals surface area (Å²) >= 11 is 0. The zero-order valence-electron chi connectivity index (χ0n) is 5.97. The Balaban J connectivity index is 0.00000144. The molecule has 0 saturated carbocycles. The van der Waals surface area contributed by atoms with Crippen LogP contribution < -0.4 is 0 Å². The minimum atomic E-state index is -1.42. The summed E-state index contributed by atoms with van der Waals surface area (Å²) < 4.78 is 4.32. The Labute approximate surface area is 85.6 Å². The van der Waals surface area contributed by atoms with Crippen LogP contribution in [0.15, 0.2) is 11.5 Å². The topological polar surface area (TPSA) is 107 Å². The first kappa shape index (κ1) is 12.3. The molecule has 2 atom stereocenters. The average molecular weight is 184 g/mol. The Morgan fingerprint density at radius 1 is 1.46 bits per heavy atom. The van der Waals surface area contributed by atoms with Crippen LogP contribution in [-0.4, -0.2) is 64.1 Å². The Kier molecular flexibility index (Phi) is 4.30. The van der Waals surface area contributed by atoms with Crippen LogP contribution in [-0.2, 0) is 9.53 Å². The molecule has 0 bridgehead atoms. The molecule has 1 rings (SSSR count). The molecule has 0 aliphatic carbocycles. The molecule has 0 amide bonds. The van der Waals surface area contributed by atoms with Crippen LogP contribution in [0, 0.1) is 0 Å². The van der Waals surface area contributed by atoms with E-state index in [1.54, 1.807) is 0 Å². The molecule has 1 aliphatic heterocycles. The Hall–Kier alpha value is -0.673. The SMILES string of the molecule is O=C1O[C@H](C(O)CO)C(O)=C1O.[LiH]. The second kappa shape index (κ2) is 4.53. The summed E-state index contributed by atoms with van der Waals surface area (Å²) in [6, 6.07) is 0. The third kappa shape index (κ3) is 2.17. The van der Waals surface area contributed by atoms with Crippen LogP contribution in [0.5, 0.6) is 0 Å². The van der Waals surface area contributed by atoms with E-state index in [1.807, 2.05) is 0 Å². The third-order valence-corrected chi connectivity index (χ3v) is 1.48. The number of cyclic esters (lactones) is 1. The van der Waals surface area contributed by atoms with Gasteiger partial charge in [0.15, 0.2) is 11.9 Å². The maximum absolute atomic E-state index is 10.5. The van der Waals surface area contributed by atoms with E-state index in [0.29, 0.717) is 0 Å². The fraction of sp³-hybridized carbons (Fsp3) is 0.500. The zero-order valence-corrected chi connectivity index (χ0v) is 5.97. The molecule has 0 aromatic rings. The fourth-order valence-corrected chi connectivity index (χ4v) is 0.823. The van der Waals surface area contributed by atoms with E-state index in [2.05, 4.69) is 4.74 Å². The van der Waals surface area contributed by atoms with Gasteiger partial charge in [-0.1, -0.05) is 0 Å². The van der Waals surface area contributed by atoms with Crippen molar-refractivity contribution >= 4 is 24.8 Å². The van der Waals surface area contributed by atoms with Crippen LogP contribution >= 0.6 is 0 Å². The first-order valence-electron chi connectivity index (χ1n) is 3.20. The molecule has 0 radical (unpaired) electrons.